The largest absolute Gasteiger partial charge is 0.399 e. The Morgan fingerprint density at radius 2 is 2.11 bits per heavy atom. The second-order valence-corrected chi connectivity index (χ2v) is 5.73. The SMILES string of the molecule is CCCC1CC1NC(=O)CC(C)c1ccc(N)cc1. The van der Waals surface area contributed by atoms with E-state index in [0.717, 1.165) is 18.0 Å². The van der Waals surface area contributed by atoms with E-state index >= 15 is 0 Å². The van der Waals surface area contributed by atoms with E-state index in [2.05, 4.69) is 19.2 Å². The van der Waals surface area contributed by atoms with Crippen LogP contribution in [-0.2, 0) is 4.79 Å². The number of amides is 1. The Labute approximate surface area is 115 Å². The highest BCUT2D eigenvalue weighted by molar-refractivity contribution is 5.77. The summed E-state index contributed by atoms with van der Waals surface area (Å²) in [5.41, 5.74) is 7.60. The van der Waals surface area contributed by atoms with Gasteiger partial charge < -0.3 is 11.1 Å². The fourth-order valence-corrected chi connectivity index (χ4v) is 2.60. The Balaban J connectivity index is 1.77. The highest BCUT2D eigenvalue weighted by atomic mass is 16.1. The molecule has 3 unspecified atom stereocenters. The second kappa shape index (κ2) is 6.09. The van der Waals surface area contributed by atoms with E-state index in [1.54, 1.807) is 0 Å². The summed E-state index contributed by atoms with van der Waals surface area (Å²) in [6.07, 6.45) is 4.16. The molecule has 1 fully saturated rings. The molecular weight excluding hydrogens is 236 g/mol. The summed E-state index contributed by atoms with van der Waals surface area (Å²) in [6, 6.07) is 8.23. The molecule has 1 aromatic carbocycles. The zero-order chi connectivity index (χ0) is 13.8. The standard InChI is InChI=1S/C16H24N2O/c1-3-4-13-10-15(13)18-16(19)9-11(2)12-5-7-14(17)8-6-12/h5-8,11,13,15H,3-4,9-10,17H2,1-2H3,(H,18,19). The third-order valence-corrected chi connectivity index (χ3v) is 3.93. The van der Waals surface area contributed by atoms with Crippen LogP contribution in [0.25, 0.3) is 0 Å². The van der Waals surface area contributed by atoms with Crippen molar-refractivity contribution in [3.63, 3.8) is 0 Å². The van der Waals surface area contributed by atoms with Crippen molar-refractivity contribution in [1.82, 2.24) is 5.32 Å². The third kappa shape index (κ3) is 3.98. The highest BCUT2D eigenvalue weighted by Crippen LogP contribution is 2.34. The third-order valence-electron chi connectivity index (χ3n) is 3.93. The summed E-state index contributed by atoms with van der Waals surface area (Å²) in [4.78, 5) is 12.0. The first kappa shape index (κ1) is 13.9. The van der Waals surface area contributed by atoms with Crippen molar-refractivity contribution in [2.75, 3.05) is 5.73 Å². The van der Waals surface area contributed by atoms with Crippen molar-refractivity contribution < 1.29 is 4.79 Å². The van der Waals surface area contributed by atoms with Crippen molar-refractivity contribution in [2.24, 2.45) is 5.92 Å². The minimum Gasteiger partial charge on any atom is -0.399 e. The number of nitrogens with two attached hydrogens (primary N) is 1. The molecule has 1 aromatic rings. The molecule has 3 nitrogen and oxygen atoms in total. The highest BCUT2D eigenvalue weighted by Gasteiger charge is 2.37. The van der Waals surface area contributed by atoms with E-state index in [-0.39, 0.29) is 11.8 Å². The van der Waals surface area contributed by atoms with Crippen LogP contribution >= 0.6 is 0 Å². The Morgan fingerprint density at radius 3 is 2.74 bits per heavy atom. The van der Waals surface area contributed by atoms with Crippen LogP contribution in [0.4, 0.5) is 5.69 Å². The van der Waals surface area contributed by atoms with Crippen molar-refractivity contribution >= 4 is 11.6 Å². The number of hydrogen-bond donors (Lipinski definition) is 2. The van der Waals surface area contributed by atoms with Crippen LogP contribution < -0.4 is 11.1 Å². The number of anilines is 1. The van der Waals surface area contributed by atoms with Crippen LogP contribution in [0.2, 0.25) is 0 Å². The van der Waals surface area contributed by atoms with E-state index in [0.29, 0.717) is 12.5 Å². The molecular formula is C16H24N2O. The molecule has 2 rings (SSSR count). The van der Waals surface area contributed by atoms with Gasteiger partial charge in [0, 0.05) is 18.2 Å². The summed E-state index contributed by atoms with van der Waals surface area (Å²) < 4.78 is 0. The van der Waals surface area contributed by atoms with Crippen LogP contribution in [0, 0.1) is 5.92 Å². The quantitative estimate of drug-likeness (QED) is 0.772. The summed E-state index contributed by atoms with van der Waals surface area (Å²) in [6.45, 7) is 4.28. The zero-order valence-corrected chi connectivity index (χ0v) is 11.9. The predicted molar refractivity (Wildman–Crippen MR) is 78.8 cm³/mol. The molecule has 1 aliphatic rings. The van der Waals surface area contributed by atoms with Crippen molar-refractivity contribution in [1.29, 1.82) is 0 Å². The van der Waals surface area contributed by atoms with Crippen LogP contribution in [0.5, 0.6) is 0 Å². The lowest BCUT2D eigenvalue weighted by Gasteiger charge is -2.12. The van der Waals surface area contributed by atoms with Crippen LogP contribution in [0.1, 0.15) is 51.0 Å². The van der Waals surface area contributed by atoms with Gasteiger partial charge in [-0.25, -0.2) is 0 Å². The second-order valence-electron chi connectivity index (χ2n) is 5.73. The van der Waals surface area contributed by atoms with E-state index in [1.807, 2.05) is 24.3 Å². The number of nitrogens with one attached hydrogen (secondary N) is 1. The average molecular weight is 260 g/mol. The van der Waals surface area contributed by atoms with Gasteiger partial charge in [-0.3, -0.25) is 4.79 Å². The van der Waals surface area contributed by atoms with Gasteiger partial charge in [0.25, 0.3) is 0 Å². The maximum absolute atomic E-state index is 12.0. The van der Waals surface area contributed by atoms with Crippen LogP contribution in [0.3, 0.4) is 0 Å². The zero-order valence-electron chi connectivity index (χ0n) is 11.9. The van der Waals surface area contributed by atoms with E-state index in [4.69, 9.17) is 5.73 Å². The molecule has 19 heavy (non-hydrogen) atoms. The van der Waals surface area contributed by atoms with Gasteiger partial charge in [-0.2, -0.15) is 0 Å². The minimum atomic E-state index is 0.174. The minimum absolute atomic E-state index is 0.174. The van der Waals surface area contributed by atoms with Crippen molar-refractivity contribution in [3.8, 4) is 0 Å². The molecule has 1 aliphatic carbocycles. The van der Waals surface area contributed by atoms with Crippen LogP contribution in [0.15, 0.2) is 24.3 Å². The Bertz CT molecular complexity index is 427. The predicted octanol–water partition coefficient (Wildman–Crippen LogP) is 3.07. The molecule has 1 saturated carbocycles. The molecule has 1 amide bonds. The Morgan fingerprint density at radius 1 is 1.42 bits per heavy atom. The van der Waals surface area contributed by atoms with Gasteiger partial charge in [0.1, 0.15) is 0 Å². The molecule has 3 heteroatoms. The normalized spacial score (nSPS) is 22.8. The first-order valence-corrected chi connectivity index (χ1v) is 7.25. The number of hydrogen-bond acceptors (Lipinski definition) is 2. The Hall–Kier alpha value is -1.51. The van der Waals surface area contributed by atoms with Gasteiger partial charge in [0.2, 0.25) is 5.91 Å². The first-order valence-electron chi connectivity index (χ1n) is 7.25. The molecule has 3 N–H and O–H groups in total. The number of carbonyl (C=O) groups is 1. The molecule has 0 aliphatic heterocycles. The lowest BCUT2D eigenvalue weighted by molar-refractivity contribution is -0.121. The van der Waals surface area contributed by atoms with Gasteiger partial charge in [0.05, 0.1) is 0 Å². The number of carbonyl (C=O) groups excluding carboxylic acids is 1. The number of nitrogen functional groups attached to an aromatic ring is 1. The maximum atomic E-state index is 12.0. The van der Waals surface area contributed by atoms with Crippen LogP contribution in [-0.4, -0.2) is 11.9 Å². The van der Waals surface area contributed by atoms with Gasteiger partial charge >= 0.3 is 0 Å². The summed E-state index contributed by atoms with van der Waals surface area (Å²) in [5.74, 6) is 1.14. The topological polar surface area (TPSA) is 55.1 Å². The van der Waals surface area contributed by atoms with E-state index < -0.39 is 0 Å². The molecule has 0 spiro atoms. The molecule has 0 saturated heterocycles. The molecule has 0 heterocycles. The van der Waals surface area contributed by atoms with Crippen molar-refractivity contribution in [2.45, 2.75) is 51.5 Å². The monoisotopic (exact) mass is 260 g/mol. The number of benzene rings is 1. The fourth-order valence-electron chi connectivity index (χ4n) is 2.60. The number of rotatable bonds is 6. The Kier molecular flexibility index (Phi) is 4.46. The summed E-state index contributed by atoms with van der Waals surface area (Å²) in [7, 11) is 0. The van der Waals surface area contributed by atoms with Gasteiger partial charge in [-0.05, 0) is 42.4 Å². The molecule has 0 aromatic heterocycles. The fraction of sp³-hybridized carbons (Fsp3) is 0.562. The summed E-state index contributed by atoms with van der Waals surface area (Å²) in [5, 5.41) is 3.14. The maximum Gasteiger partial charge on any atom is 0.220 e. The lowest BCUT2D eigenvalue weighted by Crippen LogP contribution is -2.27. The van der Waals surface area contributed by atoms with E-state index in [1.165, 1.54) is 18.4 Å². The van der Waals surface area contributed by atoms with Gasteiger partial charge in [-0.15, -0.1) is 0 Å². The average Bonchev–Trinajstić information content (AvgIpc) is 3.08. The smallest absolute Gasteiger partial charge is 0.220 e. The molecule has 3 atom stereocenters. The molecule has 104 valence electrons. The lowest BCUT2D eigenvalue weighted by atomic mass is 9.97. The molecule has 0 radical (unpaired) electrons. The summed E-state index contributed by atoms with van der Waals surface area (Å²) >= 11 is 0. The van der Waals surface area contributed by atoms with Gasteiger partial charge in [0.15, 0.2) is 0 Å². The molecule has 0 bridgehead atoms. The van der Waals surface area contributed by atoms with Crippen molar-refractivity contribution in [3.05, 3.63) is 29.8 Å². The first-order chi connectivity index (χ1) is 9.10. The van der Waals surface area contributed by atoms with E-state index in [9.17, 15) is 4.79 Å². The van der Waals surface area contributed by atoms with Gasteiger partial charge in [-0.1, -0.05) is 32.4 Å².